The molecule has 8 heteroatoms. The van der Waals surface area contributed by atoms with E-state index in [-0.39, 0.29) is 6.10 Å². The largest absolute Gasteiger partial charge is 0.493 e. The number of halogens is 4. The minimum absolute atomic E-state index is 0.227. The van der Waals surface area contributed by atoms with Crippen molar-refractivity contribution in [2.75, 3.05) is 24.7 Å². The molecule has 0 aliphatic rings. The summed E-state index contributed by atoms with van der Waals surface area (Å²) in [5.41, 5.74) is 2.41. The molecule has 3 aromatic carbocycles. The monoisotopic (exact) mass is 538 g/mol. The minimum Gasteiger partial charge on any atom is -0.493 e. The third kappa shape index (κ3) is 8.80. The van der Waals surface area contributed by atoms with Crippen LogP contribution < -0.4 is 4.74 Å². The number of ketones is 1. The van der Waals surface area contributed by atoms with Crippen LogP contribution in [0, 0.1) is 0 Å². The maximum Gasteiger partial charge on any atom is 0.308 e. The molecule has 0 aliphatic carbocycles. The van der Waals surface area contributed by atoms with Gasteiger partial charge >= 0.3 is 5.92 Å². The zero-order valence-electron chi connectivity index (χ0n) is 19.2. The van der Waals surface area contributed by atoms with Crippen molar-refractivity contribution in [3.05, 3.63) is 99.5 Å². The first-order chi connectivity index (χ1) is 16.7. The second-order valence-electron chi connectivity index (χ2n) is 7.90. The first-order valence-electron chi connectivity index (χ1n) is 11.1. The average molecular weight is 539 g/mol. The summed E-state index contributed by atoms with van der Waals surface area (Å²) in [6, 6.07) is 21.6. The summed E-state index contributed by atoms with van der Waals surface area (Å²) in [5, 5.41) is 1.34. The Bertz CT molecular complexity index is 1030. The number of hydrogen-bond acceptors (Lipinski definition) is 4. The number of rotatable bonds is 13. The highest BCUT2D eigenvalue weighted by Crippen LogP contribution is 2.28. The van der Waals surface area contributed by atoms with Crippen LogP contribution in [0.4, 0.5) is 8.78 Å². The van der Waals surface area contributed by atoms with Crippen molar-refractivity contribution < 1.29 is 23.0 Å². The van der Waals surface area contributed by atoms with Crippen LogP contribution in [0.1, 0.15) is 29.7 Å². The van der Waals surface area contributed by atoms with Gasteiger partial charge in [0.2, 0.25) is 0 Å². The van der Waals surface area contributed by atoms with E-state index in [1.807, 2.05) is 48.5 Å². The van der Waals surface area contributed by atoms with Crippen molar-refractivity contribution in [1.29, 1.82) is 0 Å². The molecule has 0 saturated heterocycles. The van der Waals surface area contributed by atoms with Crippen LogP contribution in [0.3, 0.4) is 0 Å². The number of carbonyl (C=O) groups excluding carboxylic acids is 1. The lowest BCUT2D eigenvalue weighted by Gasteiger charge is -2.19. The topological polar surface area (TPSA) is 35.5 Å². The highest BCUT2D eigenvalue weighted by Gasteiger charge is 2.34. The molecule has 186 valence electrons. The molecule has 0 heterocycles. The molecular weight excluding hydrogens is 513 g/mol. The van der Waals surface area contributed by atoms with Crippen LogP contribution in [-0.4, -0.2) is 36.4 Å². The summed E-state index contributed by atoms with van der Waals surface area (Å²) < 4.78 is 39.0. The Hall–Kier alpha value is -2.12. The third-order valence-corrected chi connectivity index (χ3v) is 6.63. The summed E-state index contributed by atoms with van der Waals surface area (Å²) >= 11 is 13.8. The van der Waals surface area contributed by atoms with E-state index >= 15 is 0 Å². The van der Waals surface area contributed by atoms with E-state index in [2.05, 4.69) is 0 Å². The van der Waals surface area contributed by atoms with E-state index in [0.29, 0.717) is 34.6 Å². The van der Waals surface area contributed by atoms with Gasteiger partial charge in [-0.2, -0.15) is 20.5 Å². The van der Waals surface area contributed by atoms with Gasteiger partial charge in [0.15, 0.2) is 5.78 Å². The molecule has 0 amide bonds. The van der Waals surface area contributed by atoms with Gasteiger partial charge in [-0.25, -0.2) is 0 Å². The number of thioether (sulfide) groups is 1. The smallest absolute Gasteiger partial charge is 0.308 e. The van der Waals surface area contributed by atoms with E-state index in [0.717, 1.165) is 29.6 Å². The zero-order valence-corrected chi connectivity index (χ0v) is 21.5. The zero-order chi connectivity index (χ0) is 25.3. The van der Waals surface area contributed by atoms with Gasteiger partial charge in [-0.3, -0.25) is 4.79 Å². The Morgan fingerprint density at radius 2 is 1.37 bits per heavy atom. The van der Waals surface area contributed by atoms with Gasteiger partial charge in [-0.05, 0) is 53.1 Å². The molecule has 0 atom stereocenters. The third-order valence-electron chi connectivity index (χ3n) is 5.22. The van der Waals surface area contributed by atoms with Gasteiger partial charge in [0.05, 0.1) is 13.2 Å². The standard InChI is InChI=1S/C27H26Cl2F2O3S/c1-19(32)27(30,31)18-20-2-12-25(13-3-20)33-14-16-35-17-15-34-26(21-4-8-23(28)9-5-21)22-6-10-24(29)11-7-22/h2-13,26H,14-18H2,1H3. The van der Waals surface area contributed by atoms with Crippen molar-refractivity contribution in [2.24, 2.45) is 0 Å². The van der Waals surface area contributed by atoms with Crippen molar-refractivity contribution in [2.45, 2.75) is 25.4 Å². The second kappa shape index (κ2) is 13.3. The van der Waals surface area contributed by atoms with Gasteiger partial charge in [0.25, 0.3) is 0 Å². The Labute approximate surface area is 218 Å². The average Bonchev–Trinajstić information content (AvgIpc) is 2.83. The Balaban J connectivity index is 1.41. The molecule has 3 aromatic rings. The molecule has 35 heavy (non-hydrogen) atoms. The van der Waals surface area contributed by atoms with Gasteiger partial charge in [-0.15, -0.1) is 0 Å². The van der Waals surface area contributed by atoms with E-state index in [4.69, 9.17) is 32.7 Å². The fourth-order valence-corrected chi connectivity index (χ4v) is 4.16. The van der Waals surface area contributed by atoms with Crippen molar-refractivity contribution in [1.82, 2.24) is 0 Å². The number of benzene rings is 3. The number of Topliss-reactive ketones (excluding diaryl/α,β-unsaturated/α-hetero) is 1. The molecule has 0 bridgehead atoms. The molecule has 0 radical (unpaired) electrons. The van der Waals surface area contributed by atoms with Crippen LogP contribution in [0.25, 0.3) is 0 Å². The number of hydrogen-bond donors (Lipinski definition) is 0. The first-order valence-corrected chi connectivity index (χ1v) is 13.0. The van der Waals surface area contributed by atoms with E-state index in [1.165, 1.54) is 0 Å². The summed E-state index contributed by atoms with van der Waals surface area (Å²) in [4.78, 5) is 11.0. The molecule has 3 rings (SSSR count). The molecule has 3 nitrogen and oxygen atoms in total. The second-order valence-corrected chi connectivity index (χ2v) is 9.99. The lowest BCUT2D eigenvalue weighted by atomic mass is 10.0. The minimum atomic E-state index is -3.35. The molecular formula is C27H26Cl2F2O3S. The SMILES string of the molecule is CC(=O)C(F)(F)Cc1ccc(OCCSCCOC(c2ccc(Cl)cc2)c2ccc(Cl)cc2)cc1. The van der Waals surface area contributed by atoms with E-state index in [9.17, 15) is 13.6 Å². The van der Waals surface area contributed by atoms with E-state index < -0.39 is 18.1 Å². The summed E-state index contributed by atoms with van der Waals surface area (Å²) in [7, 11) is 0. The summed E-state index contributed by atoms with van der Waals surface area (Å²) in [6.45, 7) is 1.92. The summed E-state index contributed by atoms with van der Waals surface area (Å²) in [6.07, 6.45) is -0.832. The molecule has 0 aromatic heterocycles. The van der Waals surface area contributed by atoms with E-state index in [1.54, 1.807) is 36.0 Å². The Morgan fingerprint density at radius 1 is 0.857 bits per heavy atom. The maximum absolute atomic E-state index is 13.6. The molecule has 0 spiro atoms. The van der Waals surface area contributed by atoms with Crippen LogP contribution in [0.2, 0.25) is 10.0 Å². The predicted molar refractivity (Wildman–Crippen MR) is 139 cm³/mol. The fourth-order valence-electron chi connectivity index (χ4n) is 3.29. The highest BCUT2D eigenvalue weighted by molar-refractivity contribution is 7.99. The van der Waals surface area contributed by atoms with Crippen molar-refractivity contribution >= 4 is 40.7 Å². The van der Waals surface area contributed by atoms with Gasteiger partial charge in [-0.1, -0.05) is 59.6 Å². The van der Waals surface area contributed by atoms with Gasteiger partial charge < -0.3 is 9.47 Å². The normalized spacial score (nSPS) is 11.6. The molecule has 0 fully saturated rings. The number of carbonyl (C=O) groups is 1. The van der Waals surface area contributed by atoms with Gasteiger partial charge in [0.1, 0.15) is 11.9 Å². The Morgan fingerprint density at radius 3 is 1.89 bits per heavy atom. The van der Waals surface area contributed by atoms with Crippen LogP contribution in [0.5, 0.6) is 5.75 Å². The predicted octanol–water partition coefficient (Wildman–Crippen LogP) is 7.68. The van der Waals surface area contributed by atoms with Crippen molar-refractivity contribution in [3.8, 4) is 5.75 Å². The molecule has 0 saturated carbocycles. The maximum atomic E-state index is 13.6. The lowest BCUT2D eigenvalue weighted by Crippen LogP contribution is -2.28. The van der Waals surface area contributed by atoms with Gasteiger partial charge in [0, 0.05) is 34.9 Å². The van der Waals surface area contributed by atoms with Crippen LogP contribution in [-0.2, 0) is 16.0 Å². The van der Waals surface area contributed by atoms with Crippen LogP contribution >= 0.6 is 35.0 Å². The Kier molecular flexibility index (Phi) is 10.4. The van der Waals surface area contributed by atoms with Crippen molar-refractivity contribution in [3.63, 3.8) is 0 Å². The van der Waals surface area contributed by atoms with Crippen LogP contribution in [0.15, 0.2) is 72.8 Å². The quantitative estimate of drug-likeness (QED) is 0.209. The number of ether oxygens (including phenoxy) is 2. The number of alkyl halides is 2. The summed E-state index contributed by atoms with van der Waals surface area (Å²) in [5.74, 6) is -2.35. The molecule has 0 N–H and O–H groups in total. The lowest BCUT2D eigenvalue weighted by molar-refractivity contribution is -0.140. The molecule has 0 unspecified atom stereocenters. The fraction of sp³-hybridized carbons (Fsp3) is 0.296. The highest BCUT2D eigenvalue weighted by atomic mass is 35.5. The molecule has 0 aliphatic heterocycles. The first kappa shape index (κ1) is 27.5.